The number of nitrogens with zero attached hydrogens (tertiary/aromatic N) is 1. The number of carbonyl (C=O) groups excluding carboxylic acids is 1. The predicted molar refractivity (Wildman–Crippen MR) is 72.4 cm³/mol. The van der Waals surface area contributed by atoms with E-state index in [1.165, 1.54) is 6.42 Å². The number of hydrogen-bond acceptors (Lipinski definition) is 1. The molecule has 2 heteroatoms. The molecule has 1 aliphatic rings. The van der Waals surface area contributed by atoms with E-state index in [4.69, 9.17) is 0 Å². The van der Waals surface area contributed by atoms with E-state index < -0.39 is 0 Å². The van der Waals surface area contributed by atoms with Crippen molar-refractivity contribution in [1.29, 1.82) is 0 Å². The van der Waals surface area contributed by atoms with Crippen molar-refractivity contribution in [3.63, 3.8) is 0 Å². The van der Waals surface area contributed by atoms with E-state index in [2.05, 4.69) is 13.0 Å². The van der Waals surface area contributed by atoms with Crippen molar-refractivity contribution in [1.82, 2.24) is 4.90 Å². The minimum Gasteiger partial charge on any atom is -0.316 e. The van der Waals surface area contributed by atoms with Crippen LogP contribution in [-0.2, 0) is 4.79 Å². The molecule has 0 aromatic rings. The molecule has 0 aliphatic carbocycles. The summed E-state index contributed by atoms with van der Waals surface area (Å²) < 4.78 is 0. The first-order valence-corrected chi connectivity index (χ1v) is 6.31. The predicted octanol–water partition coefficient (Wildman–Crippen LogP) is 3.59. The maximum atomic E-state index is 11.7. The zero-order valence-electron chi connectivity index (χ0n) is 10.5. The topological polar surface area (TPSA) is 20.3 Å². The van der Waals surface area contributed by atoms with Crippen LogP contribution < -0.4 is 0 Å². The molecular weight excluding hydrogens is 210 g/mol. The average molecular weight is 231 g/mol. The smallest absolute Gasteiger partial charge is 0.250 e. The van der Waals surface area contributed by atoms with Crippen LogP contribution in [0.1, 0.15) is 32.6 Å². The lowest BCUT2D eigenvalue weighted by Crippen LogP contribution is -2.26. The van der Waals surface area contributed by atoms with Crippen LogP contribution in [0.3, 0.4) is 0 Å². The van der Waals surface area contributed by atoms with Gasteiger partial charge >= 0.3 is 0 Å². The van der Waals surface area contributed by atoms with Crippen LogP contribution in [0.2, 0.25) is 0 Å². The molecule has 92 valence electrons. The summed E-state index contributed by atoms with van der Waals surface area (Å²) >= 11 is 0. The molecule has 1 aliphatic heterocycles. The first-order valence-electron chi connectivity index (χ1n) is 6.31. The molecule has 0 spiro atoms. The highest BCUT2D eigenvalue weighted by Crippen LogP contribution is 2.06. The van der Waals surface area contributed by atoms with Crippen LogP contribution in [0.4, 0.5) is 0 Å². The lowest BCUT2D eigenvalue weighted by Gasteiger charge is -2.19. The Kier molecular flexibility index (Phi) is 6.80. The quantitative estimate of drug-likeness (QED) is 0.523. The number of carbonyl (C=O) groups is 1. The Hall–Kier alpha value is -1.57. The lowest BCUT2D eigenvalue weighted by molar-refractivity contribution is -0.123. The van der Waals surface area contributed by atoms with Crippen molar-refractivity contribution >= 4 is 5.91 Å². The number of rotatable bonds is 5. The fourth-order valence-electron chi connectivity index (χ4n) is 1.54. The fraction of sp³-hybridized carbons (Fsp3) is 0.400. The zero-order valence-corrected chi connectivity index (χ0v) is 10.5. The van der Waals surface area contributed by atoms with Gasteiger partial charge in [-0.1, -0.05) is 49.8 Å². The standard InChI is InChI=1S/C15H21NO/c1-2-3-4-5-6-7-9-12-15(17)16-13-10-8-11-14-16/h4-7,9-10,12-13H,2-3,8,11,14H2,1H3/b5-4-,7-6+,12-9+. The van der Waals surface area contributed by atoms with Crippen molar-refractivity contribution in [2.75, 3.05) is 6.54 Å². The van der Waals surface area contributed by atoms with Gasteiger partial charge in [0.2, 0.25) is 5.91 Å². The first kappa shape index (κ1) is 13.5. The van der Waals surface area contributed by atoms with Crippen molar-refractivity contribution in [2.45, 2.75) is 32.6 Å². The van der Waals surface area contributed by atoms with Gasteiger partial charge in [-0.15, -0.1) is 0 Å². The summed E-state index contributed by atoms with van der Waals surface area (Å²) in [5.41, 5.74) is 0. The van der Waals surface area contributed by atoms with Crippen LogP contribution in [0.15, 0.2) is 48.7 Å². The highest BCUT2D eigenvalue weighted by molar-refractivity contribution is 5.88. The monoisotopic (exact) mass is 231 g/mol. The van der Waals surface area contributed by atoms with Gasteiger partial charge < -0.3 is 4.90 Å². The summed E-state index contributed by atoms with van der Waals surface area (Å²) in [5.74, 6) is 0.0585. The minimum absolute atomic E-state index is 0.0585. The van der Waals surface area contributed by atoms with Crippen LogP contribution in [0, 0.1) is 0 Å². The molecular formula is C15H21NO. The molecule has 0 bridgehead atoms. The lowest BCUT2D eigenvalue weighted by atomic mass is 10.2. The van der Waals surface area contributed by atoms with Crippen molar-refractivity contribution in [3.05, 3.63) is 48.7 Å². The summed E-state index contributed by atoms with van der Waals surface area (Å²) in [4.78, 5) is 13.4. The molecule has 0 saturated heterocycles. The second kappa shape index (κ2) is 8.57. The van der Waals surface area contributed by atoms with Gasteiger partial charge in [0, 0.05) is 18.8 Å². The number of amides is 1. The molecule has 1 rings (SSSR count). The van der Waals surface area contributed by atoms with E-state index in [1.54, 1.807) is 17.1 Å². The van der Waals surface area contributed by atoms with Crippen molar-refractivity contribution in [2.24, 2.45) is 0 Å². The third-order valence-electron chi connectivity index (χ3n) is 2.50. The van der Waals surface area contributed by atoms with Crippen LogP contribution in [0.5, 0.6) is 0 Å². The van der Waals surface area contributed by atoms with Gasteiger partial charge in [0.25, 0.3) is 0 Å². The third-order valence-corrected chi connectivity index (χ3v) is 2.50. The van der Waals surface area contributed by atoms with E-state index in [0.717, 1.165) is 25.8 Å². The maximum Gasteiger partial charge on any atom is 0.250 e. The fourth-order valence-corrected chi connectivity index (χ4v) is 1.54. The van der Waals surface area contributed by atoms with Crippen LogP contribution in [0.25, 0.3) is 0 Å². The largest absolute Gasteiger partial charge is 0.316 e. The highest BCUT2D eigenvalue weighted by atomic mass is 16.2. The Morgan fingerprint density at radius 3 is 2.82 bits per heavy atom. The summed E-state index contributed by atoms with van der Waals surface area (Å²) in [5, 5.41) is 0. The van der Waals surface area contributed by atoms with E-state index in [0.29, 0.717) is 0 Å². The van der Waals surface area contributed by atoms with Crippen molar-refractivity contribution < 1.29 is 4.79 Å². The molecule has 0 unspecified atom stereocenters. The summed E-state index contributed by atoms with van der Waals surface area (Å²) in [6, 6.07) is 0. The Labute approximate surface area is 104 Å². The molecule has 0 radical (unpaired) electrons. The molecule has 0 aromatic carbocycles. The minimum atomic E-state index is 0.0585. The first-order chi connectivity index (χ1) is 8.34. The molecule has 0 fully saturated rings. The molecule has 17 heavy (non-hydrogen) atoms. The van der Waals surface area contributed by atoms with Crippen LogP contribution >= 0.6 is 0 Å². The molecule has 1 amide bonds. The third kappa shape index (κ3) is 5.91. The van der Waals surface area contributed by atoms with E-state index in [9.17, 15) is 4.79 Å². The van der Waals surface area contributed by atoms with Gasteiger partial charge in [0.15, 0.2) is 0 Å². The van der Waals surface area contributed by atoms with Crippen LogP contribution in [-0.4, -0.2) is 17.4 Å². The second-order valence-corrected chi connectivity index (χ2v) is 4.02. The van der Waals surface area contributed by atoms with Gasteiger partial charge in [-0.2, -0.15) is 0 Å². The average Bonchev–Trinajstić information content (AvgIpc) is 2.38. The van der Waals surface area contributed by atoms with Gasteiger partial charge in [-0.25, -0.2) is 0 Å². The molecule has 0 N–H and O–H groups in total. The van der Waals surface area contributed by atoms with E-state index in [-0.39, 0.29) is 5.91 Å². The van der Waals surface area contributed by atoms with E-state index in [1.807, 2.05) is 30.5 Å². The zero-order chi connectivity index (χ0) is 12.3. The SMILES string of the molecule is CCC\C=C/C=C/C=C/C(=O)N1C=CCCC1. The summed E-state index contributed by atoms with van der Waals surface area (Å²) in [6.45, 7) is 2.98. The number of hydrogen-bond donors (Lipinski definition) is 0. The van der Waals surface area contributed by atoms with Gasteiger partial charge in [-0.05, 0) is 19.3 Å². The van der Waals surface area contributed by atoms with Gasteiger partial charge in [-0.3, -0.25) is 4.79 Å². The molecule has 0 saturated carbocycles. The molecule has 2 nitrogen and oxygen atoms in total. The Balaban J connectivity index is 2.30. The summed E-state index contributed by atoms with van der Waals surface area (Å²) in [6.07, 6.45) is 19.7. The second-order valence-electron chi connectivity index (χ2n) is 4.02. The number of unbranched alkanes of at least 4 members (excludes halogenated alkanes) is 1. The van der Waals surface area contributed by atoms with Crippen molar-refractivity contribution in [3.8, 4) is 0 Å². The Morgan fingerprint density at radius 2 is 2.12 bits per heavy atom. The summed E-state index contributed by atoms with van der Waals surface area (Å²) in [7, 11) is 0. The van der Waals surface area contributed by atoms with Gasteiger partial charge in [0.05, 0.1) is 0 Å². The molecule has 0 aromatic heterocycles. The Morgan fingerprint density at radius 1 is 1.29 bits per heavy atom. The molecule has 1 heterocycles. The normalized spacial score (nSPS) is 16.6. The van der Waals surface area contributed by atoms with E-state index >= 15 is 0 Å². The highest BCUT2D eigenvalue weighted by Gasteiger charge is 2.08. The number of allylic oxidation sites excluding steroid dienone is 6. The van der Waals surface area contributed by atoms with Gasteiger partial charge in [0.1, 0.15) is 0 Å². The maximum absolute atomic E-state index is 11.7. The Bertz CT molecular complexity index is 337. The molecule has 0 atom stereocenters.